The van der Waals surface area contributed by atoms with E-state index in [9.17, 15) is 4.79 Å². The molecule has 3 heteroatoms. The molecule has 1 atom stereocenters. The molecule has 0 saturated heterocycles. The summed E-state index contributed by atoms with van der Waals surface area (Å²) in [6, 6.07) is 15.9. The first-order chi connectivity index (χ1) is 10.6. The van der Waals surface area contributed by atoms with E-state index in [4.69, 9.17) is 4.74 Å². The summed E-state index contributed by atoms with van der Waals surface area (Å²) in [5.41, 5.74) is 3.35. The number of carbonyl (C=O) groups is 1. The van der Waals surface area contributed by atoms with Crippen LogP contribution >= 0.6 is 0 Å². The molecule has 0 heterocycles. The van der Waals surface area contributed by atoms with E-state index in [-0.39, 0.29) is 5.91 Å². The van der Waals surface area contributed by atoms with Crippen molar-refractivity contribution in [3.63, 3.8) is 0 Å². The van der Waals surface area contributed by atoms with Crippen molar-refractivity contribution in [2.75, 3.05) is 0 Å². The molecular formula is C19H23NO2. The van der Waals surface area contributed by atoms with E-state index < -0.39 is 6.10 Å². The standard InChI is InChI=1S/C19H23NO2/c1-4-18(22-17-11-14(2)10-15(3)12-17)19(21)20-13-16-8-6-5-7-9-16/h5-12,18H,4,13H2,1-3H3,(H,20,21). The molecule has 0 aliphatic rings. The average molecular weight is 297 g/mol. The highest BCUT2D eigenvalue weighted by Gasteiger charge is 2.18. The SMILES string of the molecule is CCC(Oc1cc(C)cc(C)c1)C(=O)NCc1ccccc1. The van der Waals surface area contributed by atoms with Crippen molar-refractivity contribution in [2.45, 2.75) is 39.8 Å². The summed E-state index contributed by atoms with van der Waals surface area (Å²) in [5, 5.41) is 2.94. The van der Waals surface area contributed by atoms with Gasteiger partial charge >= 0.3 is 0 Å². The molecule has 1 N–H and O–H groups in total. The van der Waals surface area contributed by atoms with Gasteiger partial charge in [-0.15, -0.1) is 0 Å². The quantitative estimate of drug-likeness (QED) is 0.881. The molecule has 0 spiro atoms. The van der Waals surface area contributed by atoms with Crippen LogP contribution in [0.15, 0.2) is 48.5 Å². The highest BCUT2D eigenvalue weighted by atomic mass is 16.5. The van der Waals surface area contributed by atoms with Crippen molar-refractivity contribution in [3.05, 3.63) is 65.2 Å². The van der Waals surface area contributed by atoms with Crippen LogP contribution in [0.25, 0.3) is 0 Å². The monoisotopic (exact) mass is 297 g/mol. The van der Waals surface area contributed by atoms with Gasteiger partial charge in [0.2, 0.25) is 0 Å². The third-order valence-electron chi connectivity index (χ3n) is 3.45. The van der Waals surface area contributed by atoms with Crippen LogP contribution in [0.2, 0.25) is 0 Å². The summed E-state index contributed by atoms with van der Waals surface area (Å²) in [7, 11) is 0. The normalized spacial score (nSPS) is 11.8. The van der Waals surface area contributed by atoms with E-state index >= 15 is 0 Å². The van der Waals surface area contributed by atoms with Crippen LogP contribution in [0.4, 0.5) is 0 Å². The van der Waals surface area contributed by atoms with Crippen molar-refractivity contribution in [1.29, 1.82) is 0 Å². The van der Waals surface area contributed by atoms with E-state index in [0.717, 1.165) is 22.4 Å². The van der Waals surface area contributed by atoms with Gasteiger partial charge in [0.25, 0.3) is 5.91 Å². The van der Waals surface area contributed by atoms with Crippen LogP contribution < -0.4 is 10.1 Å². The number of hydrogen-bond donors (Lipinski definition) is 1. The van der Waals surface area contributed by atoms with E-state index in [1.807, 2.05) is 63.2 Å². The van der Waals surface area contributed by atoms with Crippen LogP contribution in [0, 0.1) is 13.8 Å². The van der Waals surface area contributed by atoms with Crippen LogP contribution in [-0.2, 0) is 11.3 Å². The summed E-state index contributed by atoms with van der Waals surface area (Å²) < 4.78 is 5.86. The minimum absolute atomic E-state index is 0.0782. The van der Waals surface area contributed by atoms with Crippen LogP contribution in [-0.4, -0.2) is 12.0 Å². The number of hydrogen-bond acceptors (Lipinski definition) is 2. The van der Waals surface area contributed by atoms with Gasteiger partial charge in [0.1, 0.15) is 5.75 Å². The van der Waals surface area contributed by atoms with Gasteiger partial charge in [0.05, 0.1) is 0 Å². The van der Waals surface area contributed by atoms with Gasteiger partial charge in [-0.1, -0.05) is 43.3 Å². The number of nitrogens with one attached hydrogen (secondary N) is 1. The van der Waals surface area contributed by atoms with Gasteiger partial charge in [0.15, 0.2) is 6.10 Å². The Bertz CT molecular complexity index is 602. The first kappa shape index (κ1) is 16.1. The number of rotatable bonds is 6. The fourth-order valence-electron chi connectivity index (χ4n) is 2.39. The summed E-state index contributed by atoms with van der Waals surface area (Å²) in [6.45, 7) is 6.52. The second kappa shape index (κ2) is 7.64. The predicted molar refractivity (Wildman–Crippen MR) is 88.9 cm³/mol. The molecule has 0 bridgehead atoms. The third kappa shape index (κ3) is 4.62. The van der Waals surface area contributed by atoms with Gasteiger partial charge in [-0.2, -0.15) is 0 Å². The Kier molecular flexibility index (Phi) is 5.59. The van der Waals surface area contributed by atoms with E-state index in [0.29, 0.717) is 13.0 Å². The lowest BCUT2D eigenvalue weighted by Gasteiger charge is -2.18. The van der Waals surface area contributed by atoms with Gasteiger partial charge < -0.3 is 10.1 Å². The maximum Gasteiger partial charge on any atom is 0.261 e. The van der Waals surface area contributed by atoms with Crippen molar-refractivity contribution >= 4 is 5.91 Å². The lowest BCUT2D eigenvalue weighted by molar-refractivity contribution is -0.128. The topological polar surface area (TPSA) is 38.3 Å². The molecule has 1 unspecified atom stereocenters. The van der Waals surface area contributed by atoms with Crippen LogP contribution in [0.1, 0.15) is 30.0 Å². The first-order valence-electron chi connectivity index (χ1n) is 7.65. The maximum absolute atomic E-state index is 12.3. The molecule has 2 rings (SSSR count). The van der Waals surface area contributed by atoms with Crippen molar-refractivity contribution in [3.8, 4) is 5.75 Å². The number of amides is 1. The van der Waals surface area contributed by atoms with Gasteiger partial charge in [0, 0.05) is 6.54 Å². The molecule has 2 aromatic rings. The van der Waals surface area contributed by atoms with E-state index in [1.165, 1.54) is 0 Å². The second-order valence-corrected chi connectivity index (χ2v) is 5.54. The molecule has 0 fully saturated rings. The fourth-order valence-corrected chi connectivity index (χ4v) is 2.39. The predicted octanol–water partition coefficient (Wildman–Crippen LogP) is 3.78. The largest absolute Gasteiger partial charge is 0.481 e. The maximum atomic E-state index is 12.3. The molecule has 1 amide bonds. The van der Waals surface area contributed by atoms with Gasteiger partial charge in [-0.3, -0.25) is 4.79 Å². The molecular weight excluding hydrogens is 274 g/mol. The number of benzene rings is 2. The van der Waals surface area contributed by atoms with Crippen molar-refractivity contribution in [2.24, 2.45) is 0 Å². The lowest BCUT2D eigenvalue weighted by Crippen LogP contribution is -2.37. The number of ether oxygens (including phenoxy) is 1. The Morgan fingerprint density at radius 1 is 1.09 bits per heavy atom. The number of carbonyl (C=O) groups excluding carboxylic acids is 1. The van der Waals surface area contributed by atoms with Crippen LogP contribution in [0.3, 0.4) is 0 Å². The summed E-state index contributed by atoms with van der Waals surface area (Å²) in [5.74, 6) is 0.671. The third-order valence-corrected chi connectivity index (χ3v) is 3.45. The Labute approximate surface area is 132 Å². The molecule has 0 aromatic heterocycles. The zero-order valence-electron chi connectivity index (χ0n) is 13.4. The molecule has 0 aliphatic heterocycles. The lowest BCUT2D eigenvalue weighted by atomic mass is 10.1. The molecule has 0 aliphatic carbocycles. The van der Waals surface area contributed by atoms with Crippen molar-refractivity contribution in [1.82, 2.24) is 5.32 Å². The highest BCUT2D eigenvalue weighted by Crippen LogP contribution is 2.18. The molecule has 116 valence electrons. The summed E-state index contributed by atoms with van der Waals surface area (Å²) >= 11 is 0. The van der Waals surface area contributed by atoms with Crippen molar-refractivity contribution < 1.29 is 9.53 Å². The molecule has 0 radical (unpaired) electrons. The first-order valence-corrected chi connectivity index (χ1v) is 7.65. The molecule has 0 saturated carbocycles. The Balaban J connectivity index is 1.96. The average Bonchev–Trinajstić information content (AvgIpc) is 2.50. The smallest absolute Gasteiger partial charge is 0.261 e. The zero-order valence-corrected chi connectivity index (χ0v) is 13.4. The van der Waals surface area contributed by atoms with Crippen LogP contribution in [0.5, 0.6) is 5.75 Å². The Morgan fingerprint density at radius 3 is 2.32 bits per heavy atom. The van der Waals surface area contributed by atoms with E-state index in [1.54, 1.807) is 0 Å². The highest BCUT2D eigenvalue weighted by molar-refractivity contribution is 5.81. The Morgan fingerprint density at radius 2 is 1.73 bits per heavy atom. The Hall–Kier alpha value is -2.29. The minimum atomic E-state index is -0.468. The minimum Gasteiger partial charge on any atom is -0.481 e. The zero-order chi connectivity index (χ0) is 15.9. The molecule has 2 aromatic carbocycles. The van der Waals surface area contributed by atoms with Gasteiger partial charge in [-0.25, -0.2) is 0 Å². The van der Waals surface area contributed by atoms with Gasteiger partial charge in [-0.05, 0) is 49.1 Å². The van der Waals surface area contributed by atoms with E-state index in [2.05, 4.69) is 11.4 Å². The summed E-state index contributed by atoms with van der Waals surface area (Å²) in [4.78, 5) is 12.3. The molecule has 22 heavy (non-hydrogen) atoms. The second-order valence-electron chi connectivity index (χ2n) is 5.54. The molecule has 3 nitrogen and oxygen atoms in total. The number of aryl methyl sites for hydroxylation is 2. The fraction of sp³-hybridized carbons (Fsp3) is 0.316. The summed E-state index contributed by atoms with van der Waals surface area (Å²) in [6.07, 6.45) is 0.165.